The van der Waals surface area contributed by atoms with Crippen molar-refractivity contribution in [3.8, 4) is 6.07 Å². The lowest BCUT2D eigenvalue weighted by Crippen LogP contribution is -2.03. The number of rotatable bonds is 2. The number of aromatic nitrogens is 1. The molecule has 0 amide bonds. The SMILES string of the molecule is N#Cc1cc2c(nc1Nc1cc(F)c(Br)cc1F)CCC2. The minimum Gasteiger partial charge on any atom is -0.337 e. The third-order valence-electron chi connectivity index (χ3n) is 3.43. The van der Waals surface area contributed by atoms with Gasteiger partial charge in [-0.15, -0.1) is 0 Å². The number of benzene rings is 1. The van der Waals surface area contributed by atoms with Crippen LogP contribution in [-0.4, -0.2) is 4.98 Å². The molecule has 0 radical (unpaired) electrons. The maximum Gasteiger partial charge on any atom is 0.148 e. The normalized spacial score (nSPS) is 12.9. The average Bonchev–Trinajstić information content (AvgIpc) is 2.91. The fraction of sp³-hybridized carbons (Fsp3) is 0.200. The van der Waals surface area contributed by atoms with Crippen LogP contribution in [0.25, 0.3) is 0 Å². The minimum absolute atomic E-state index is 0.0438. The Morgan fingerprint density at radius 1 is 1.19 bits per heavy atom. The van der Waals surface area contributed by atoms with Gasteiger partial charge in [-0.25, -0.2) is 13.8 Å². The highest BCUT2D eigenvalue weighted by Crippen LogP contribution is 2.29. The summed E-state index contributed by atoms with van der Waals surface area (Å²) in [6.45, 7) is 0. The predicted molar refractivity (Wildman–Crippen MR) is 78.3 cm³/mol. The zero-order chi connectivity index (χ0) is 15.0. The molecule has 21 heavy (non-hydrogen) atoms. The maximum absolute atomic E-state index is 13.9. The lowest BCUT2D eigenvalue weighted by atomic mass is 10.1. The van der Waals surface area contributed by atoms with Crippen molar-refractivity contribution in [3.05, 3.63) is 51.1 Å². The van der Waals surface area contributed by atoms with E-state index in [0.717, 1.165) is 42.7 Å². The zero-order valence-corrected chi connectivity index (χ0v) is 12.5. The van der Waals surface area contributed by atoms with Crippen molar-refractivity contribution in [2.45, 2.75) is 19.3 Å². The Balaban J connectivity index is 2.02. The summed E-state index contributed by atoms with van der Waals surface area (Å²) in [5, 5.41) is 11.9. The molecule has 0 bridgehead atoms. The summed E-state index contributed by atoms with van der Waals surface area (Å²) in [5.74, 6) is -0.938. The van der Waals surface area contributed by atoms with E-state index in [1.165, 1.54) is 0 Å². The van der Waals surface area contributed by atoms with Gasteiger partial charge in [-0.3, -0.25) is 0 Å². The Hall–Kier alpha value is -2.00. The molecular weight excluding hydrogens is 340 g/mol. The van der Waals surface area contributed by atoms with Gasteiger partial charge in [0.15, 0.2) is 0 Å². The highest BCUT2D eigenvalue weighted by molar-refractivity contribution is 9.10. The summed E-state index contributed by atoms with van der Waals surface area (Å²) < 4.78 is 27.4. The largest absolute Gasteiger partial charge is 0.337 e. The molecule has 0 atom stereocenters. The van der Waals surface area contributed by atoms with E-state index in [-0.39, 0.29) is 16.0 Å². The van der Waals surface area contributed by atoms with Crippen LogP contribution in [0.5, 0.6) is 0 Å². The number of halogens is 3. The van der Waals surface area contributed by atoms with Crippen molar-refractivity contribution in [1.82, 2.24) is 4.98 Å². The summed E-state index contributed by atoms with van der Waals surface area (Å²) in [6, 6.07) is 5.89. The van der Waals surface area contributed by atoms with E-state index < -0.39 is 11.6 Å². The van der Waals surface area contributed by atoms with Crippen LogP contribution in [0.3, 0.4) is 0 Å². The smallest absolute Gasteiger partial charge is 0.148 e. The first-order valence-corrected chi connectivity index (χ1v) is 7.22. The lowest BCUT2D eigenvalue weighted by molar-refractivity contribution is 0.597. The summed E-state index contributed by atoms with van der Waals surface area (Å²) >= 11 is 2.92. The third kappa shape index (κ3) is 2.61. The average molecular weight is 350 g/mol. The monoisotopic (exact) mass is 349 g/mol. The highest BCUT2D eigenvalue weighted by atomic mass is 79.9. The summed E-state index contributed by atoms with van der Waals surface area (Å²) in [6.07, 6.45) is 2.74. The molecule has 1 N–H and O–H groups in total. The second kappa shape index (κ2) is 5.41. The van der Waals surface area contributed by atoms with Crippen molar-refractivity contribution < 1.29 is 8.78 Å². The van der Waals surface area contributed by atoms with E-state index in [0.29, 0.717) is 5.56 Å². The third-order valence-corrected chi connectivity index (χ3v) is 4.04. The molecule has 1 aliphatic carbocycles. The molecule has 1 aromatic carbocycles. The number of fused-ring (bicyclic) bond motifs is 1. The first-order chi connectivity index (χ1) is 10.1. The van der Waals surface area contributed by atoms with Crippen LogP contribution in [0.4, 0.5) is 20.3 Å². The fourth-order valence-electron chi connectivity index (χ4n) is 2.40. The lowest BCUT2D eigenvalue weighted by Gasteiger charge is -2.11. The van der Waals surface area contributed by atoms with Gasteiger partial charge < -0.3 is 5.32 Å². The first kappa shape index (κ1) is 14.0. The van der Waals surface area contributed by atoms with Gasteiger partial charge in [-0.1, -0.05) is 0 Å². The number of nitrogens with one attached hydrogen (secondary N) is 1. The van der Waals surface area contributed by atoms with E-state index in [2.05, 4.69) is 26.2 Å². The van der Waals surface area contributed by atoms with Gasteiger partial charge in [-0.05, 0) is 52.9 Å². The zero-order valence-electron chi connectivity index (χ0n) is 10.9. The number of nitriles is 1. The molecule has 106 valence electrons. The molecule has 0 saturated carbocycles. The van der Waals surface area contributed by atoms with E-state index >= 15 is 0 Å². The van der Waals surface area contributed by atoms with E-state index in [1.807, 2.05) is 6.07 Å². The standard InChI is InChI=1S/C15H10BrF2N3/c16-10-5-12(18)14(6-11(10)17)21-15-9(7-19)4-8-2-1-3-13(8)20-15/h4-6H,1-3H2,(H,20,21). The predicted octanol–water partition coefficient (Wildman–Crippen LogP) is 4.23. The molecule has 3 rings (SSSR count). The van der Waals surface area contributed by atoms with Crippen LogP contribution in [-0.2, 0) is 12.8 Å². The van der Waals surface area contributed by atoms with Crippen molar-refractivity contribution in [3.63, 3.8) is 0 Å². The molecule has 1 heterocycles. The van der Waals surface area contributed by atoms with Crippen LogP contribution < -0.4 is 5.32 Å². The molecule has 1 aromatic heterocycles. The molecule has 1 aliphatic rings. The van der Waals surface area contributed by atoms with E-state index in [9.17, 15) is 14.0 Å². The van der Waals surface area contributed by atoms with Crippen molar-refractivity contribution in [2.24, 2.45) is 0 Å². The van der Waals surface area contributed by atoms with Gasteiger partial charge >= 0.3 is 0 Å². The topological polar surface area (TPSA) is 48.7 Å². The van der Waals surface area contributed by atoms with Crippen LogP contribution in [0, 0.1) is 23.0 Å². The molecule has 3 nitrogen and oxygen atoms in total. The van der Waals surface area contributed by atoms with Crippen molar-refractivity contribution >= 4 is 27.4 Å². The fourth-order valence-corrected chi connectivity index (χ4v) is 2.71. The Morgan fingerprint density at radius 2 is 2.00 bits per heavy atom. The highest BCUT2D eigenvalue weighted by Gasteiger charge is 2.17. The number of nitrogens with zero attached hydrogens (tertiary/aromatic N) is 2. The first-order valence-electron chi connectivity index (χ1n) is 6.43. The molecule has 2 aromatic rings. The summed E-state index contributed by atoms with van der Waals surface area (Å²) in [5.41, 5.74) is 2.25. The van der Waals surface area contributed by atoms with E-state index in [4.69, 9.17) is 0 Å². The minimum atomic E-state index is -0.616. The Labute approximate surface area is 128 Å². The van der Waals surface area contributed by atoms with Crippen LogP contribution in [0.15, 0.2) is 22.7 Å². The van der Waals surface area contributed by atoms with Crippen molar-refractivity contribution in [2.75, 3.05) is 5.32 Å². The van der Waals surface area contributed by atoms with Gasteiger partial charge in [0, 0.05) is 11.8 Å². The molecule has 0 saturated heterocycles. The molecule has 0 spiro atoms. The Bertz CT molecular complexity index is 768. The van der Waals surface area contributed by atoms with Crippen LogP contribution in [0.1, 0.15) is 23.2 Å². The molecule has 0 fully saturated rings. The van der Waals surface area contributed by atoms with Gasteiger partial charge in [0.25, 0.3) is 0 Å². The van der Waals surface area contributed by atoms with Gasteiger partial charge in [-0.2, -0.15) is 5.26 Å². The number of hydrogen-bond acceptors (Lipinski definition) is 3. The summed E-state index contributed by atoms with van der Waals surface area (Å²) in [4.78, 5) is 4.38. The number of aryl methyl sites for hydroxylation is 2. The van der Waals surface area contributed by atoms with Crippen LogP contribution >= 0.6 is 15.9 Å². The Morgan fingerprint density at radius 3 is 2.76 bits per heavy atom. The van der Waals surface area contributed by atoms with Gasteiger partial charge in [0.05, 0.1) is 15.7 Å². The quantitative estimate of drug-likeness (QED) is 0.825. The van der Waals surface area contributed by atoms with Crippen LogP contribution in [0.2, 0.25) is 0 Å². The van der Waals surface area contributed by atoms with Gasteiger partial charge in [0.1, 0.15) is 23.5 Å². The number of pyridine rings is 1. The number of hydrogen-bond donors (Lipinski definition) is 1. The second-order valence-corrected chi connectivity index (χ2v) is 5.68. The summed E-state index contributed by atoms with van der Waals surface area (Å²) in [7, 11) is 0. The molecule has 0 aliphatic heterocycles. The van der Waals surface area contributed by atoms with Gasteiger partial charge in [0.2, 0.25) is 0 Å². The molecule has 6 heteroatoms. The van der Waals surface area contributed by atoms with Crippen molar-refractivity contribution in [1.29, 1.82) is 5.26 Å². The second-order valence-electron chi connectivity index (χ2n) is 4.83. The molecule has 0 unspecified atom stereocenters. The van der Waals surface area contributed by atoms with E-state index in [1.54, 1.807) is 6.07 Å². The maximum atomic E-state index is 13.9. The molecular formula is C15H10BrF2N3. The Kier molecular flexibility index (Phi) is 3.60. The number of anilines is 2.